The van der Waals surface area contributed by atoms with E-state index in [9.17, 15) is 4.79 Å². The predicted molar refractivity (Wildman–Crippen MR) is 137 cm³/mol. The van der Waals surface area contributed by atoms with Crippen LogP contribution in [0.2, 0.25) is 5.02 Å². The van der Waals surface area contributed by atoms with E-state index in [4.69, 9.17) is 42.8 Å². The summed E-state index contributed by atoms with van der Waals surface area (Å²) in [4.78, 5) is 12.4. The smallest absolute Gasteiger partial charge is 0.263 e. The Kier molecular flexibility index (Phi) is 9.05. The van der Waals surface area contributed by atoms with Crippen LogP contribution in [0.4, 0.5) is 0 Å². The van der Waals surface area contributed by atoms with Gasteiger partial charge >= 0.3 is 0 Å². The van der Waals surface area contributed by atoms with Gasteiger partial charge in [0, 0.05) is 0 Å². The van der Waals surface area contributed by atoms with E-state index in [0.717, 1.165) is 12.0 Å². The minimum Gasteiger partial charge on any atom is -0.493 e. The highest BCUT2D eigenvalue weighted by atomic mass is 35.5. The van der Waals surface area contributed by atoms with Crippen molar-refractivity contribution in [3.8, 4) is 23.0 Å². The first-order valence-corrected chi connectivity index (χ1v) is 11.8. The molecule has 0 radical (unpaired) electrons. The van der Waals surface area contributed by atoms with E-state index in [2.05, 4.69) is 11.9 Å². The number of thioether (sulfide) groups is 1. The van der Waals surface area contributed by atoms with Crippen LogP contribution >= 0.6 is 35.6 Å². The van der Waals surface area contributed by atoms with E-state index in [0.29, 0.717) is 49.4 Å². The number of benzene rings is 2. The minimum atomic E-state index is -0.232. The first kappa shape index (κ1) is 25.0. The summed E-state index contributed by atoms with van der Waals surface area (Å²) in [5, 5.41) is 2.96. The largest absolute Gasteiger partial charge is 0.493 e. The lowest BCUT2D eigenvalue weighted by molar-refractivity contribution is -0.115. The van der Waals surface area contributed by atoms with E-state index in [1.54, 1.807) is 25.3 Å². The van der Waals surface area contributed by atoms with Crippen LogP contribution in [0, 0.1) is 0 Å². The fourth-order valence-electron chi connectivity index (χ4n) is 3.07. The van der Waals surface area contributed by atoms with Gasteiger partial charge in [0.1, 0.15) is 17.5 Å². The first-order valence-electron chi connectivity index (χ1n) is 10.2. The molecule has 9 heteroatoms. The number of ether oxygens (including phenoxy) is 4. The first-order chi connectivity index (χ1) is 15.9. The number of nitrogens with one attached hydrogen (secondary N) is 1. The number of rotatable bonds is 11. The van der Waals surface area contributed by atoms with E-state index in [-0.39, 0.29) is 19.1 Å². The zero-order valence-electron chi connectivity index (χ0n) is 18.3. The molecule has 2 aromatic carbocycles. The molecule has 0 bridgehead atoms. The Morgan fingerprint density at radius 1 is 1.12 bits per heavy atom. The molecule has 3 rings (SSSR count). The zero-order chi connectivity index (χ0) is 23.8. The second-order valence-electron chi connectivity index (χ2n) is 6.79. The Bertz CT molecular complexity index is 1090. The molecule has 0 spiro atoms. The number of allylic oxidation sites excluding steroid dienone is 1. The highest BCUT2D eigenvalue weighted by Gasteiger charge is 2.22. The molecular weight excluding hydrogens is 482 g/mol. The summed E-state index contributed by atoms with van der Waals surface area (Å²) >= 11 is 12.7. The molecule has 0 unspecified atom stereocenters. The van der Waals surface area contributed by atoms with Crippen molar-refractivity contribution in [3.63, 3.8) is 0 Å². The number of thiocarbonyl (C=S) groups is 1. The summed E-state index contributed by atoms with van der Waals surface area (Å²) in [7, 11) is 1.60. The summed E-state index contributed by atoms with van der Waals surface area (Å²) in [6, 6.07) is 9.23. The zero-order valence-corrected chi connectivity index (χ0v) is 20.7. The van der Waals surface area contributed by atoms with Crippen LogP contribution in [0.5, 0.6) is 23.0 Å². The summed E-state index contributed by atoms with van der Waals surface area (Å²) in [6.07, 6.45) is 4.30. The molecule has 2 aromatic rings. The van der Waals surface area contributed by atoms with Crippen molar-refractivity contribution in [2.24, 2.45) is 0 Å². The summed E-state index contributed by atoms with van der Waals surface area (Å²) in [5.41, 5.74) is 1.79. The molecule has 1 N–H and O–H groups in total. The second-order valence-corrected chi connectivity index (χ2v) is 8.92. The third-order valence-electron chi connectivity index (χ3n) is 4.47. The van der Waals surface area contributed by atoms with Gasteiger partial charge < -0.3 is 24.3 Å². The quantitative estimate of drug-likeness (QED) is 0.189. The molecule has 0 aromatic heterocycles. The van der Waals surface area contributed by atoms with Crippen LogP contribution in [-0.4, -0.2) is 37.2 Å². The predicted octanol–water partition coefficient (Wildman–Crippen LogP) is 5.42. The van der Waals surface area contributed by atoms with Crippen LogP contribution in [0.25, 0.3) is 6.08 Å². The maximum Gasteiger partial charge on any atom is 0.263 e. The van der Waals surface area contributed by atoms with Gasteiger partial charge in [0.15, 0.2) is 23.0 Å². The average Bonchev–Trinajstić information content (AvgIpc) is 3.10. The number of amides is 1. The van der Waals surface area contributed by atoms with Crippen molar-refractivity contribution in [3.05, 3.63) is 64.0 Å². The average molecular weight is 506 g/mol. The molecule has 33 heavy (non-hydrogen) atoms. The fraction of sp³-hybridized carbons (Fsp3) is 0.250. The lowest BCUT2D eigenvalue weighted by Gasteiger charge is -2.16. The molecule has 1 saturated heterocycles. The molecular formula is C24H24ClNO5S2. The molecule has 1 aliphatic heterocycles. The van der Waals surface area contributed by atoms with E-state index in [1.165, 1.54) is 11.8 Å². The molecule has 6 nitrogen and oxygen atoms in total. The number of hydrogen-bond donors (Lipinski definition) is 1. The Balaban J connectivity index is 1.68. The van der Waals surface area contributed by atoms with Gasteiger partial charge in [0.2, 0.25) is 0 Å². The Morgan fingerprint density at radius 2 is 1.91 bits per heavy atom. The van der Waals surface area contributed by atoms with Crippen LogP contribution < -0.4 is 24.3 Å². The normalized spacial score (nSPS) is 14.2. The molecule has 0 aliphatic carbocycles. The van der Waals surface area contributed by atoms with Gasteiger partial charge in [0.25, 0.3) is 5.91 Å². The van der Waals surface area contributed by atoms with Crippen LogP contribution in [0.1, 0.15) is 18.1 Å². The Hall–Kier alpha value is -2.68. The van der Waals surface area contributed by atoms with Gasteiger partial charge in [-0.1, -0.05) is 47.7 Å². The van der Waals surface area contributed by atoms with Crippen molar-refractivity contribution < 1.29 is 23.7 Å². The number of carbonyl (C=O) groups is 1. The van der Waals surface area contributed by atoms with Crippen molar-refractivity contribution in [2.45, 2.75) is 13.3 Å². The molecule has 1 fully saturated rings. The maximum atomic E-state index is 11.9. The number of carbonyl (C=O) groups excluding carboxylic acids is 1. The molecule has 0 saturated carbocycles. The molecule has 1 aliphatic rings. The lowest BCUT2D eigenvalue weighted by Crippen LogP contribution is -2.17. The SMILES string of the molecule is C=CCc1ccc(OCCOc2c(Cl)cc(C=C3SC(=S)NC3=O)cc2OCC)c(OC)c1. The topological polar surface area (TPSA) is 66.0 Å². The molecule has 174 valence electrons. The van der Waals surface area contributed by atoms with E-state index < -0.39 is 0 Å². The van der Waals surface area contributed by atoms with Gasteiger partial charge in [-0.15, -0.1) is 6.58 Å². The third-order valence-corrected chi connectivity index (χ3v) is 5.91. The van der Waals surface area contributed by atoms with Crippen LogP contribution in [0.15, 0.2) is 47.9 Å². The Morgan fingerprint density at radius 3 is 2.58 bits per heavy atom. The van der Waals surface area contributed by atoms with E-state index in [1.807, 2.05) is 31.2 Å². The lowest BCUT2D eigenvalue weighted by atomic mass is 10.1. The van der Waals surface area contributed by atoms with Gasteiger partial charge in [0.05, 0.1) is 23.6 Å². The van der Waals surface area contributed by atoms with Crippen molar-refractivity contribution in [1.29, 1.82) is 0 Å². The van der Waals surface area contributed by atoms with Gasteiger partial charge in [-0.2, -0.15) is 0 Å². The minimum absolute atomic E-state index is 0.232. The summed E-state index contributed by atoms with van der Waals surface area (Å²) in [6.45, 7) is 6.56. The maximum absolute atomic E-state index is 11.9. The Labute approximate surface area is 207 Å². The summed E-state index contributed by atoms with van der Waals surface area (Å²) < 4.78 is 23.3. The molecule has 1 amide bonds. The number of halogens is 1. The van der Waals surface area contributed by atoms with Crippen LogP contribution in [-0.2, 0) is 11.2 Å². The standard InChI is InChI=1S/C24H24ClNO5S2/c1-4-6-15-7-8-18(19(12-15)28-3)30-9-10-31-22-17(25)11-16(13-20(22)29-5-2)14-21-23(27)26-24(32)33-21/h4,7-8,11-14H,1,5-6,9-10H2,2-3H3,(H,26,27,32). The van der Waals surface area contributed by atoms with Crippen molar-refractivity contribution in [2.75, 3.05) is 26.9 Å². The van der Waals surface area contributed by atoms with E-state index >= 15 is 0 Å². The monoisotopic (exact) mass is 505 g/mol. The fourth-order valence-corrected chi connectivity index (χ4v) is 4.38. The number of methoxy groups -OCH3 is 1. The highest BCUT2D eigenvalue weighted by molar-refractivity contribution is 8.26. The van der Waals surface area contributed by atoms with Crippen molar-refractivity contribution >= 4 is 51.9 Å². The van der Waals surface area contributed by atoms with Crippen molar-refractivity contribution in [1.82, 2.24) is 5.32 Å². The second kappa shape index (κ2) is 12.0. The summed E-state index contributed by atoms with van der Waals surface area (Å²) in [5.74, 6) is 1.93. The van der Waals surface area contributed by atoms with Gasteiger partial charge in [-0.25, -0.2) is 0 Å². The highest BCUT2D eigenvalue weighted by Crippen LogP contribution is 2.38. The van der Waals surface area contributed by atoms with Crippen LogP contribution in [0.3, 0.4) is 0 Å². The molecule has 0 atom stereocenters. The van der Waals surface area contributed by atoms with Gasteiger partial charge in [-0.3, -0.25) is 4.79 Å². The third kappa shape index (κ3) is 6.66. The molecule has 1 heterocycles. The number of hydrogen-bond acceptors (Lipinski definition) is 7. The van der Waals surface area contributed by atoms with Gasteiger partial charge in [-0.05, 0) is 54.8 Å².